The molecule has 0 amide bonds. The Hall–Kier alpha value is -2.00. The van der Waals surface area contributed by atoms with Crippen LogP contribution >= 0.6 is 0 Å². The van der Waals surface area contributed by atoms with E-state index in [0.717, 1.165) is 44.1 Å². The number of unbranched alkanes of at least 4 members (excludes halogenated alkanes) is 16. The number of carbonyl (C=O) groups is 2. The Morgan fingerprint density at radius 2 is 1.33 bits per heavy atom. The molecule has 3 rings (SSSR count). The van der Waals surface area contributed by atoms with Gasteiger partial charge in [0.15, 0.2) is 12.6 Å². The standard InChI is InChI=1S/C40H66O8/c1-4-6-8-10-12-14-16-18-23-27-33(45-35(41)28-24-19-17-15-13-11-9-7-5-2)29-36(42)47-37-31(3)39(43)46-34-30-44-40(48-38(34)37)32-25-21-20-22-26-32/h20-22,25-26,31,33-34,37-40,43H,4-19,23-24,27-30H2,1-3H3/t31-,33+,34?,37?,38+,39?,40?/m0/s1. The van der Waals surface area contributed by atoms with E-state index in [4.69, 9.17) is 23.7 Å². The van der Waals surface area contributed by atoms with Gasteiger partial charge in [-0.1, -0.05) is 154 Å². The molecule has 0 saturated carbocycles. The predicted octanol–water partition coefficient (Wildman–Crippen LogP) is 9.51. The minimum atomic E-state index is -1.11. The highest BCUT2D eigenvalue weighted by atomic mass is 16.7. The van der Waals surface area contributed by atoms with E-state index in [9.17, 15) is 14.7 Å². The molecule has 2 heterocycles. The van der Waals surface area contributed by atoms with E-state index in [1.807, 2.05) is 30.3 Å². The molecule has 2 aliphatic heterocycles. The fourth-order valence-corrected chi connectivity index (χ4v) is 6.77. The average molecular weight is 675 g/mol. The number of esters is 2. The minimum absolute atomic E-state index is 0.0172. The molecular formula is C40H66O8. The lowest BCUT2D eigenvalue weighted by Gasteiger charge is -2.47. The second-order valence-electron chi connectivity index (χ2n) is 14.1. The van der Waals surface area contributed by atoms with Gasteiger partial charge in [-0.3, -0.25) is 9.59 Å². The molecule has 8 nitrogen and oxygen atoms in total. The minimum Gasteiger partial charge on any atom is -0.462 e. The van der Waals surface area contributed by atoms with Crippen LogP contribution in [-0.4, -0.2) is 54.4 Å². The third kappa shape index (κ3) is 15.3. The van der Waals surface area contributed by atoms with Crippen LogP contribution in [0.1, 0.15) is 167 Å². The van der Waals surface area contributed by atoms with Gasteiger partial charge in [0, 0.05) is 17.9 Å². The second kappa shape index (κ2) is 24.2. The zero-order chi connectivity index (χ0) is 34.4. The SMILES string of the molecule is CCCCCCCCCCCC(=O)O[C@H](CCCCCCCCCCC)CC(=O)OC1[C@H](C)C(O)OC2COC(c3ccccc3)O[C@H]21. The lowest BCUT2D eigenvalue weighted by Crippen LogP contribution is -2.59. The van der Waals surface area contributed by atoms with Crippen LogP contribution in [0.2, 0.25) is 0 Å². The Balaban J connectivity index is 1.51. The molecule has 1 aromatic carbocycles. The third-order valence-corrected chi connectivity index (χ3v) is 9.81. The predicted molar refractivity (Wildman–Crippen MR) is 188 cm³/mol. The summed E-state index contributed by atoms with van der Waals surface area (Å²) < 4.78 is 29.9. The van der Waals surface area contributed by atoms with Crippen LogP contribution in [0.15, 0.2) is 30.3 Å². The molecular weight excluding hydrogens is 608 g/mol. The topological polar surface area (TPSA) is 101 Å². The summed E-state index contributed by atoms with van der Waals surface area (Å²) in [5, 5.41) is 10.6. The normalized spacial score (nSPS) is 24.5. The van der Waals surface area contributed by atoms with Crippen molar-refractivity contribution in [2.75, 3.05) is 6.61 Å². The first kappa shape index (κ1) is 40.4. The van der Waals surface area contributed by atoms with E-state index in [1.54, 1.807) is 6.92 Å². The number of rotatable bonds is 25. The summed E-state index contributed by atoms with van der Waals surface area (Å²) in [4.78, 5) is 26.3. The molecule has 1 aromatic rings. The molecule has 0 aromatic heterocycles. The Morgan fingerprint density at radius 1 is 0.771 bits per heavy atom. The highest BCUT2D eigenvalue weighted by molar-refractivity contribution is 5.72. The quantitative estimate of drug-likeness (QED) is 0.0809. The fourth-order valence-electron chi connectivity index (χ4n) is 6.77. The van der Waals surface area contributed by atoms with Gasteiger partial charge in [-0.25, -0.2) is 0 Å². The average Bonchev–Trinajstić information content (AvgIpc) is 3.09. The molecule has 274 valence electrons. The van der Waals surface area contributed by atoms with Gasteiger partial charge in [-0.15, -0.1) is 0 Å². The summed E-state index contributed by atoms with van der Waals surface area (Å²) in [7, 11) is 0. The summed E-state index contributed by atoms with van der Waals surface area (Å²) in [6, 6.07) is 9.61. The number of aliphatic hydroxyl groups is 1. The van der Waals surface area contributed by atoms with E-state index < -0.39 is 48.9 Å². The molecule has 0 bridgehead atoms. The number of hydrogen-bond donors (Lipinski definition) is 1. The van der Waals surface area contributed by atoms with Gasteiger partial charge in [0.2, 0.25) is 0 Å². The summed E-state index contributed by atoms with van der Waals surface area (Å²) >= 11 is 0. The molecule has 48 heavy (non-hydrogen) atoms. The van der Waals surface area contributed by atoms with Crippen LogP contribution in [0.5, 0.6) is 0 Å². The molecule has 1 N–H and O–H groups in total. The first-order valence-corrected chi connectivity index (χ1v) is 19.5. The van der Waals surface area contributed by atoms with Gasteiger partial charge >= 0.3 is 11.9 Å². The van der Waals surface area contributed by atoms with Crippen molar-refractivity contribution < 1.29 is 38.4 Å². The third-order valence-electron chi connectivity index (χ3n) is 9.81. The first-order valence-electron chi connectivity index (χ1n) is 19.5. The van der Waals surface area contributed by atoms with Crippen molar-refractivity contribution in [3.8, 4) is 0 Å². The van der Waals surface area contributed by atoms with Crippen molar-refractivity contribution in [3.63, 3.8) is 0 Å². The van der Waals surface area contributed by atoms with Crippen LogP contribution in [0.3, 0.4) is 0 Å². The van der Waals surface area contributed by atoms with Crippen LogP contribution in [0.4, 0.5) is 0 Å². The lowest BCUT2D eigenvalue weighted by atomic mass is 9.91. The van der Waals surface area contributed by atoms with Crippen molar-refractivity contribution in [1.29, 1.82) is 0 Å². The summed E-state index contributed by atoms with van der Waals surface area (Å²) in [6.45, 7) is 6.47. The lowest BCUT2D eigenvalue weighted by molar-refractivity contribution is -0.346. The molecule has 2 aliphatic rings. The fraction of sp³-hybridized carbons (Fsp3) is 0.800. The summed E-state index contributed by atoms with van der Waals surface area (Å²) in [5.41, 5.74) is 0.861. The number of carbonyl (C=O) groups excluding carboxylic acids is 2. The van der Waals surface area contributed by atoms with Crippen molar-refractivity contribution in [2.24, 2.45) is 5.92 Å². The second-order valence-corrected chi connectivity index (χ2v) is 14.1. The summed E-state index contributed by atoms with van der Waals surface area (Å²) in [5.74, 6) is -1.20. The van der Waals surface area contributed by atoms with Crippen LogP contribution in [0.25, 0.3) is 0 Å². The maximum atomic E-state index is 13.4. The van der Waals surface area contributed by atoms with Crippen LogP contribution in [0, 0.1) is 5.92 Å². The van der Waals surface area contributed by atoms with Crippen LogP contribution < -0.4 is 0 Å². The molecule has 8 heteroatoms. The number of aliphatic hydroxyl groups excluding tert-OH is 1. The molecule has 4 unspecified atom stereocenters. The van der Waals surface area contributed by atoms with Gasteiger partial charge in [-0.05, 0) is 19.3 Å². The number of ether oxygens (including phenoxy) is 5. The number of hydrogen-bond acceptors (Lipinski definition) is 8. The molecule has 0 spiro atoms. The molecule has 2 fully saturated rings. The Kier molecular flexibility index (Phi) is 20.4. The Labute approximate surface area is 291 Å². The molecule has 0 radical (unpaired) electrons. The molecule has 7 atom stereocenters. The highest BCUT2D eigenvalue weighted by Gasteiger charge is 2.50. The van der Waals surface area contributed by atoms with Gasteiger partial charge in [0.25, 0.3) is 0 Å². The van der Waals surface area contributed by atoms with Gasteiger partial charge in [-0.2, -0.15) is 0 Å². The van der Waals surface area contributed by atoms with Crippen LogP contribution in [-0.2, 0) is 33.3 Å². The highest BCUT2D eigenvalue weighted by Crippen LogP contribution is 2.37. The van der Waals surface area contributed by atoms with Crippen molar-refractivity contribution in [3.05, 3.63) is 35.9 Å². The smallest absolute Gasteiger partial charge is 0.309 e. The van der Waals surface area contributed by atoms with E-state index in [2.05, 4.69) is 13.8 Å². The van der Waals surface area contributed by atoms with Gasteiger partial charge in [0.1, 0.15) is 24.4 Å². The summed E-state index contributed by atoms with van der Waals surface area (Å²) in [6.07, 6.45) is 18.2. The van der Waals surface area contributed by atoms with Gasteiger partial charge in [0.05, 0.1) is 13.0 Å². The molecule has 2 saturated heterocycles. The molecule has 0 aliphatic carbocycles. The van der Waals surface area contributed by atoms with E-state index in [0.29, 0.717) is 12.8 Å². The zero-order valence-corrected chi connectivity index (χ0v) is 30.3. The van der Waals surface area contributed by atoms with Crippen molar-refractivity contribution in [2.45, 2.75) is 193 Å². The van der Waals surface area contributed by atoms with E-state index in [1.165, 1.54) is 77.0 Å². The zero-order valence-electron chi connectivity index (χ0n) is 30.3. The Morgan fingerprint density at radius 3 is 1.94 bits per heavy atom. The maximum absolute atomic E-state index is 13.4. The maximum Gasteiger partial charge on any atom is 0.309 e. The van der Waals surface area contributed by atoms with Crippen molar-refractivity contribution >= 4 is 11.9 Å². The monoisotopic (exact) mass is 674 g/mol. The van der Waals surface area contributed by atoms with Gasteiger partial charge < -0.3 is 28.8 Å². The largest absolute Gasteiger partial charge is 0.462 e. The number of benzene rings is 1. The van der Waals surface area contributed by atoms with E-state index in [-0.39, 0.29) is 19.0 Å². The van der Waals surface area contributed by atoms with E-state index >= 15 is 0 Å². The first-order chi connectivity index (χ1) is 23.4. The van der Waals surface area contributed by atoms with Crippen molar-refractivity contribution in [1.82, 2.24) is 0 Å². The number of fused-ring (bicyclic) bond motifs is 1. The Bertz CT molecular complexity index is 987.